The summed E-state index contributed by atoms with van der Waals surface area (Å²) in [6.45, 7) is 6.76. The van der Waals surface area contributed by atoms with Crippen LogP contribution in [0.3, 0.4) is 0 Å². The largest absolute Gasteiger partial charge is 0.395 e. The lowest BCUT2D eigenvalue weighted by atomic mass is 10.0. The van der Waals surface area contributed by atoms with Gasteiger partial charge in [-0.2, -0.15) is 0 Å². The van der Waals surface area contributed by atoms with Crippen molar-refractivity contribution in [1.29, 1.82) is 0 Å². The molecule has 1 aromatic rings. The van der Waals surface area contributed by atoms with Crippen molar-refractivity contribution < 1.29 is 14.4 Å². The van der Waals surface area contributed by atoms with E-state index in [-0.39, 0.29) is 24.4 Å². The second kappa shape index (κ2) is 8.02. The average molecular weight is 331 g/mol. The number of allylic oxidation sites excluding steroid dienone is 5. The van der Waals surface area contributed by atoms with Gasteiger partial charge in [0, 0.05) is 17.2 Å². The summed E-state index contributed by atoms with van der Waals surface area (Å²) < 4.78 is 5.08. The number of aliphatic hydroxyl groups excluding tert-OH is 1. The molecule has 1 aromatic heterocycles. The van der Waals surface area contributed by atoms with Crippen LogP contribution in [0.1, 0.15) is 28.7 Å². The van der Waals surface area contributed by atoms with Crippen LogP contribution in [0.15, 0.2) is 33.3 Å². The summed E-state index contributed by atoms with van der Waals surface area (Å²) in [5.41, 5.74) is 0.872. The fraction of sp³-hybridized carbons (Fsp3) is 0.286. The molecule has 0 aliphatic carbocycles. The van der Waals surface area contributed by atoms with Crippen LogP contribution < -0.4 is 5.32 Å². The summed E-state index contributed by atoms with van der Waals surface area (Å²) in [7, 11) is 0. The smallest absolute Gasteiger partial charge is 0.257 e. The van der Waals surface area contributed by atoms with Gasteiger partial charge in [-0.25, -0.2) is 0 Å². The topological polar surface area (TPSA) is 75.4 Å². The van der Waals surface area contributed by atoms with E-state index in [1.165, 1.54) is 6.08 Å². The van der Waals surface area contributed by atoms with Crippen molar-refractivity contribution >= 4 is 34.7 Å². The lowest BCUT2D eigenvalue weighted by molar-refractivity contribution is 0.0943. The number of aromatic nitrogens is 1. The van der Waals surface area contributed by atoms with Gasteiger partial charge < -0.3 is 14.9 Å². The number of rotatable bonds is 6. The summed E-state index contributed by atoms with van der Waals surface area (Å²) in [6.07, 6.45) is 3.04. The molecule has 0 saturated heterocycles. The summed E-state index contributed by atoms with van der Waals surface area (Å²) in [6, 6.07) is 0. The molecule has 2 N–H and O–H groups in total. The van der Waals surface area contributed by atoms with Crippen LogP contribution in [0, 0.1) is 6.92 Å². The highest BCUT2D eigenvalue weighted by Crippen LogP contribution is 2.33. The van der Waals surface area contributed by atoms with E-state index in [1.54, 1.807) is 19.9 Å². The summed E-state index contributed by atoms with van der Waals surface area (Å²) >= 11 is 12.2. The standard InChI is InChI=1S/C14H16Cl2N2O3/c1-4-5-10(16)11(8(2)15)13-12(9(3)21-18-13)14(20)17-6-7-19/h4-5,19H,1,6-7H2,2-3H3,(H,17,20)/b10-5+,11-8-. The van der Waals surface area contributed by atoms with Crippen molar-refractivity contribution in [3.8, 4) is 0 Å². The van der Waals surface area contributed by atoms with E-state index in [9.17, 15) is 4.79 Å². The molecule has 0 saturated carbocycles. The van der Waals surface area contributed by atoms with Crippen LogP contribution in [-0.2, 0) is 0 Å². The monoisotopic (exact) mass is 330 g/mol. The number of carbonyl (C=O) groups is 1. The molecule has 1 amide bonds. The van der Waals surface area contributed by atoms with Gasteiger partial charge in [0.25, 0.3) is 5.91 Å². The van der Waals surface area contributed by atoms with Crippen molar-refractivity contribution in [3.05, 3.63) is 45.8 Å². The van der Waals surface area contributed by atoms with Crippen LogP contribution in [0.2, 0.25) is 0 Å². The van der Waals surface area contributed by atoms with E-state index in [2.05, 4.69) is 17.1 Å². The molecule has 0 atom stereocenters. The molecule has 0 radical (unpaired) electrons. The molecule has 0 aliphatic heterocycles. The molecular formula is C14H16Cl2N2O3. The number of carbonyl (C=O) groups excluding carboxylic acids is 1. The van der Waals surface area contributed by atoms with Crippen LogP contribution in [0.4, 0.5) is 0 Å². The third kappa shape index (κ3) is 4.20. The van der Waals surface area contributed by atoms with Gasteiger partial charge in [0.1, 0.15) is 17.0 Å². The lowest BCUT2D eigenvalue weighted by Gasteiger charge is -2.08. The minimum absolute atomic E-state index is 0.123. The maximum atomic E-state index is 12.1. The minimum atomic E-state index is -0.420. The van der Waals surface area contributed by atoms with Crippen LogP contribution in [-0.4, -0.2) is 29.3 Å². The van der Waals surface area contributed by atoms with E-state index >= 15 is 0 Å². The first-order valence-electron chi connectivity index (χ1n) is 6.14. The van der Waals surface area contributed by atoms with E-state index in [0.29, 0.717) is 21.4 Å². The highest BCUT2D eigenvalue weighted by Gasteiger charge is 2.25. The second-order valence-corrected chi connectivity index (χ2v) is 5.07. The number of nitrogens with one attached hydrogen (secondary N) is 1. The number of nitrogens with zero attached hydrogens (tertiary/aromatic N) is 1. The van der Waals surface area contributed by atoms with E-state index < -0.39 is 5.91 Å². The van der Waals surface area contributed by atoms with Gasteiger partial charge in [-0.1, -0.05) is 41.0 Å². The number of hydrogen-bond acceptors (Lipinski definition) is 4. The number of aryl methyl sites for hydroxylation is 1. The van der Waals surface area contributed by atoms with Crippen molar-refractivity contribution in [2.75, 3.05) is 13.2 Å². The van der Waals surface area contributed by atoms with Crippen molar-refractivity contribution in [3.63, 3.8) is 0 Å². The zero-order valence-corrected chi connectivity index (χ0v) is 13.3. The second-order valence-electron chi connectivity index (χ2n) is 4.10. The predicted molar refractivity (Wildman–Crippen MR) is 83.2 cm³/mol. The Morgan fingerprint density at radius 2 is 2.19 bits per heavy atom. The fourth-order valence-corrected chi connectivity index (χ4v) is 2.26. The first-order valence-corrected chi connectivity index (χ1v) is 6.90. The highest BCUT2D eigenvalue weighted by atomic mass is 35.5. The third-order valence-corrected chi connectivity index (χ3v) is 3.08. The van der Waals surface area contributed by atoms with Crippen LogP contribution in [0.25, 0.3) is 5.57 Å². The molecule has 1 rings (SSSR count). The average Bonchev–Trinajstić information content (AvgIpc) is 2.78. The molecule has 114 valence electrons. The van der Waals surface area contributed by atoms with Gasteiger partial charge in [0.05, 0.1) is 11.6 Å². The Morgan fingerprint density at radius 1 is 1.52 bits per heavy atom. The molecule has 7 heteroatoms. The molecule has 0 aliphatic rings. The number of hydrogen-bond donors (Lipinski definition) is 2. The Bertz CT molecular complexity index is 599. The summed E-state index contributed by atoms with van der Waals surface area (Å²) in [4.78, 5) is 12.1. The van der Waals surface area contributed by atoms with Gasteiger partial charge >= 0.3 is 0 Å². The van der Waals surface area contributed by atoms with E-state index in [0.717, 1.165) is 0 Å². The molecule has 0 bridgehead atoms. The first kappa shape index (κ1) is 17.5. The molecule has 21 heavy (non-hydrogen) atoms. The molecule has 0 spiro atoms. The normalized spacial score (nSPS) is 12.9. The SMILES string of the molecule is C=C/C=C(Cl)\C(=C(/C)Cl)c1noc(C)c1C(=O)NCCO. The highest BCUT2D eigenvalue weighted by molar-refractivity contribution is 6.42. The van der Waals surface area contributed by atoms with Crippen molar-refractivity contribution in [2.24, 2.45) is 0 Å². The molecular weight excluding hydrogens is 315 g/mol. The quantitative estimate of drug-likeness (QED) is 0.786. The Labute approximate surface area is 132 Å². The molecule has 0 aromatic carbocycles. The predicted octanol–water partition coefficient (Wildman–Crippen LogP) is 2.98. The molecule has 1 heterocycles. The molecule has 5 nitrogen and oxygen atoms in total. The summed E-state index contributed by atoms with van der Waals surface area (Å²) in [5.74, 6) is -0.0878. The fourth-order valence-electron chi connectivity index (χ4n) is 1.70. The van der Waals surface area contributed by atoms with E-state index in [1.807, 2.05) is 0 Å². The van der Waals surface area contributed by atoms with Gasteiger partial charge in [-0.3, -0.25) is 4.79 Å². The maximum Gasteiger partial charge on any atom is 0.257 e. The van der Waals surface area contributed by atoms with Gasteiger partial charge in [0.2, 0.25) is 0 Å². The van der Waals surface area contributed by atoms with Gasteiger partial charge in [-0.15, -0.1) is 0 Å². The van der Waals surface area contributed by atoms with Crippen molar-refractivity contribution in [2.45, 2.75) is 13.8 Å². The lowest BCUT2D eigenvalue weighted by Crippen LogP contribution is -2.27. The van der Waals surface area contributed by atoms with Gasteiger partial charge in [-0.05, 0) is 19.9 Å². The third-order valence-electron chi connectivity index (χ3n) is 2.57. The van der Waals surface area contributed by atoms with E-state index in [4.69, 9.17) is 32.8 Å². The zero-order chi connectivity index (χ0) is 16.0. The molecule has 0 unspecified atom stereocenters. The zero-order valence-electron chi connectivity index (χ0n) is 11.7. The number of halogens is 2. The Morgan fingerprint density at radius 3 is 2.71 bits per heavy atom. The summed E-state index contributed by atoms with van der Waals surface area (Å²) in [5, 5.41) is 15.9. The Kier molecular flexibility index (Phi) is 6.68. The number of aliphatic hydroxyl groups is 1. The Hall–Kier alpha value is -1.56. The maximum absolute atomic E-state index is 12.1. The van der Waals surface area contributed by atoms with Crippen molar-refractivity contribution in [1.82, 2.24) is 10.5 Å². The number of amides is 1. The minimum Gasteiger partial charge on any atom is -0.395 e. The van der Waals surface area contributed by atoms with Crippen LogP contribution in [0.5, 0.6) is 0 Å². The first-order chi connectivity index (χ1) is 9.93. The van der Waals surface area contributed by atoms with Crippen LogP contribution >= 0.6 is 23.2 Å². The Balaban J connectivity index is 3.36. The molecule has 0 fully saturated rings. The van der Waals surface area contributed by atoms with Gasteiger partial charge in [0.15, 0.2) is 0 Å².